The number of aromatic hydroxyl groups is 2. The van der Waals surface area contributed by atoms with Crippen molar-refractivity contribution in [1.29, 1.82) is 0 Å². The molecule has 0 aromatic heterocycles. The van der Waals surface area contributed by atoms with Gasteiger partial charge in [0, 0.05) is 5.56 Å². The largest absolute Gasteiger partial charge is 0.508 e. The summed E-state index contributed by atoms with van der Waals surface area (Å²) in [5, 5.41) is 18.5. The van der Waals surface area contributed by atoms with Gasteiger partial charge in [-0.05, 0) is 41.5 Å². The number of phenolic OH excluding ortho intramolecular Hbond substituents is 2. The fraction of sp³-hybridized carbons (Fsp3) is 0.0667. The molecule has 0 heterocycles. The van der Waals surface area contributed by atoms with E-state index in [0.29, 0.717) is 5.56 Å². The Kier molecular flexibility index (Phi) is 3.80. The highest BCUT2D eigenvalue weighted by molar-refractivity contribution is 5.70. The molecule has 2 N–H and O–H groups in total. The van der Waals surface area contributed by atoms with Crippen molar-refractivity contribution >= 4 is 12.2 Å². The second kappa shape index (κ2) is 5.52. The van der Waals surface area contributed by atoms with E-state index in [4.69, 9.17) is 5.11 Å². The monoisotopic (exact) mass is 262 g/mol. The van der Waals surface area contributed by atoms with Gasteiger partial charge in [0.2, 0.25) is 0 Å². The Morgan fingerprint density at radius 2 is 1.42 bits per heavy atom. The first-order valence-electron chi connectivity index (χ1n) is 5.64. The summed E-state index contributed by atoms with van der Waals surface area (Å²) in [5.41, 5.74) is 1.09. The molecule has 2 nitrogen and oxygen atoms in total. The van der Waals surface area contributed by atoms with Crippen LogP contribution in [0.4, 0.5) is 8.78 Å². The molecule has 2 aromatic carbocycles. The van der Waals surface area contributed by atoms with E-state index in [-0.39, 0.29) is 17.1 Å². The molecule has 2 rings (SSSR count). The summed E-state index contributed by atoms with van der Waals surface area (Å²) in [6.07, 6.45) is 0.717. The van der Waals surface area contributed by atoms with Gasteiger partial charge in [0.05, 0.1) is 0 Å². The molecule has 2 aromatic rings. The molecular formula is C15H12F2O2. The second-order valence-corrected chi connectivity index (χ2v) is 4.08. The van der Waals surface area contributed by atoms with Gasteiger partial charge in [-0.25, -0.2) is 8.78 Å². The molecule has 0 amide bonds. The molecule has 0 bridgehead atoms. The van der Waals surface area contributed by atoms with Crippen LogP contribution in [0.3, 0.4) is 0 Å². The first-order valence-corrected chi connectivity index (χ1v) is 5.64. The zero-order chi connectivity index (χ0) is 13.8. The van der Waals surface area contributed by atoms with Crippen LogP contribution >= 0.6 is 0 Å². The predicted molar refractivity (Wildman–Crippen MR) is 70.1 cm³/mol. The topological polar surface area (TPSA) is 40.5 Å². The van der Waals surface area contributed by atoms with Gasteiger partial charge in [0.1, 0.15) is 11.5 Å². The Morgan fingerprint density at radius 1 is 0.789 bits per heavy atom. The van der Waals surface area contributed by atoms with Crippen LogP contribution in [0.2, 0.25) is 0 Å². The third-order valence-electron chi connectivity index (χ3n) is 2.58. The Bertz CT molecular complexity index is 590. The average Bonchev–Trinajstić information content (AvgIpc) is 2.37. The standard InChI is InChI=1S/C15H12F2O2/c16-15(17)12-7-11(8-14(19)9-12)2-1-10-3-5-13(18)6-4-10/h1-9,15,18-19H. The minimum atomic E-state index is -2.62. The van der Waals surface area contributed by atoms with E-state index in [2.05, 4.69) is 0 Å². The second-order valence-electron chi connectivity index (χ2n) is 4.08. The minimum absolute atomic E-state index is 0.162. The summed E-state index contributed by atoms with van der Waals surface area (Å²) in [5.74, 6) is -0.0300. The van der Waals surface area contributed by atoms with Crippen molar-refractivity contribution in [3.63, 3.8) is 0 Å². The van der Waals surface area contributed by atoms with E-state index >= 15 is 0 Å². The number of alkyl halides is 2. The molecule has 0 aliphatic carbocycles. The van der Waals surface area contributed by atoms with Crippen molar-refractivity contribution in [3.05, 3.63) is 59.2 Å². The highest BCUT2D eigenvalue weighted by atomic mass is 19.3. The summed E-state index contributed by atoms with van der Waals surface area (Å²) < 4.78 is 25.1. The molecular weight excluding hydrogens is 250 g/mol. The maximum Gasteiger partial charge on any atom is 0.264 e. The molecule has 0 saturated heterocycles. The lowest BCUT2D eigenvalue weighted by molar-refractivity contribution is 0.151. The molecule has 0 spiro atoms. The van der Waals surface area contributed by atoms with Crippen molar-refractivity contribution in [2.24, 2.45) is 0 Å². The maximum atomic E-state index is 12.6. The van der Waals surface area contributed by atoms with Crippen molar-refractivity contribution in [2.45, 2.75) is 6.43 Å². The van der Waals surface area contributed by atoms with Crippen LogP contribution in [-0.4, -0.2) is 10.2 Å². The molecule has 0 unspecified atom stereocenters. The van der Waals surface area contributed by atoms with Crippen LogP contribution in [0.15, 0.2) is 42.5 Å². The van der Waals surface area contributed by atoms with Crippen molar-refractivity contribution < 1.29 is 19.0 Å². The molecule has 0 atom stereocenters. The Balaban J connectivity index is 2.25. The number of hydrogen-bond donors (Lipinski definition) is 2. The van der Waals surface area contributed by atoms with Crippen molar-refractivity contribution in [1.82, 2.24) is 0 Å². The Hall–Kier alpha value is -2.36. The summed E-state index contributed by atoms with van der Waals surface area (Å²) in [6.45, 7) is 0. The van der Waals surface area contributed by atoms with E-state index in [9.17, 15) is 13.9 Å². The number of phenols is 2. The van der Waals surface area contributed by atoms with E-state index < -0.39 is 6.43 Å². The number of rotatable bonds is 3. The van der Waals surface area contributed by atoms with E-state index in [0.717, 1.165) is 11.6 Å². The third kappa shape index (κ3) is 3.55. The van der Waals surface area contributed by atoms with Gasteiger partial charge in [0.15, 0.2) is 0 Å². The quantitative estimate of drug-likeness (QED) is 0.813. The van der Waals surface area contributed by atoms with Crippen LogP contribution in [0.25, 0.3) is 12.2 Å². The van der Waals surface area contributed by atoms with Gasteiger partial charge in [-0.15, -0.1) is 0 Å². The van der Waals surface area contributed by atoms with Crippen molar-refractivity contribution in [3.8, 4) is 11.5 Å². The van der Waals surface area contributed by atoms with Crippen LogP contribution < -0.4 is 0 Å². The number of hydrogen-bond acceptors (Lipinski definition) is 2. The van der Waals surface area contributed by atoms with Gasteiger partial charge < -0.3 is 10.2 Å². The van der Waals surface area contributed by atoms with Crippen molar-refractivity contribution in [2.75, 3.05) is 0 Å². The molecule has 0 aliphatic heterocycles. The third-order valence-corrected chi connectivity index (χ3v) is 2.58. The highest BCUT2D eigenvalue weighted by Crippen LogP contribution is 2.25. The lowest BCUT2D eigenvalue weighted by Crippen LogP contribution is -1.85. The van der Waals surface area contributed by atoms with Gasteiger partial charge >= 0.3 is 0 Å². The molecule has 0 radical (unpaired) electrons. The molecule has 98 valence electrons. The maximum absolute atomic E-state index is 12.6. The average molecular weight is 262 g/mol. The summed E-state index contributed by atoms with van der Waals surface area (Å²) in [7, 11) is 0. The zero-order valence-corrected chi connectivity index (χ0v) is 9.92. The summed E-state index contributed by atoms with van der Waals surface area (Å²) >= 11 is 0. The lowest BCUT2D eigenvalue weighted by Gasteiger charge is -2.03. The lowest BCUT2D eigenvalue weighted by atomic mass is 10.1. The summed E-state index contributed by atoms with van der Waals surface area (Å²) in [6, 6.07) is 10.2. The highest BCUT2D eigenvalue weighted by Gasteiger charge is 2.08. The molecule has 0 saturated carbocycles. The fourth-order valence-corrected chi connectivity index (χ4v) is 1.66. The van der Waals surface area contributed by atoms with Crippen LogP contribution in [0, 0.1) is 0 Å². The van der Waals surface area contributed by atoms with Crippen LogP contribution in [0.1, 0.15) is 23.1 Å². The van der Waals surface area contributed by atoms with E-state index in [1.54, 1.807) is 24.3 Å². The number of benzene rings is 2. The normalized spacial score (nSPS) is 11.3. The molecule has 0 fully saturated rings. The van der Waals surface area contributed by atoms with E-state index in [1.807, 2.05) is 0 Å². The van der Waals surface area contributed by atoms with Crippen LogP contribution in [-0.2, 0) is 0 Å². The van der Waals surface area contributed by atoms with Gasteiger partial charge in [-0.3, -0.25) is 0 Å². The zero-order valence-electron chi connectivity index (χ0n) is 9.92. The van der Waals surface area contributed by atoms with Gasteiger partial charge in [-0.1, -0.05) is 24.3 Å². The first kappa shape index (κ1) is 13.1. The Labute approximate surface area is 109 Å². The fourth-order valence-electron chi connectivity index (χ4n) is 1.66. The first-order chi connectivity index (χ1) is 9.04. The van der Waals surface area contributed by atoms with E-state index in [1.165, 1.54) is 24.3 Å². The SMILES string of the molecule is Oc1ccc(C=Cc2cc(O)cc(C(F)F)c2)cc1. The van der Waals surface area contributed by atoms with Gasteiger partial charge in [-0.2, -0.15) is 0 Å². The smallest absolute Gasteiger partial charge is 0.264 e. The number of halogens is 2. The molecule has 0 aliphatic rings. The predicted octanol–water partition coefficient (Wildman–Crippen LogP) is 4.21. The van der Waals surface area contributed by atoms with Crippen LogP contribution in [0.5, 0.6) is 11.5 Å². The minimum Gasteiger partial charge on any atom is -0.508 e. The van der Waals surface area contributed by atoms with Gasteiger partial charge in [0.25, 0.3) is 6.43 Å². The summed E-state index contributed by atoms with van der Waals surface area (Å²) in [4.78, 5) is 0. The Morgan fingerprint density at radius 3 is 2.05 bits per heavy atom. The molecule has 4 heteroatoms. The molecule has 19 heavy (non-hydrogen) atoms.